The molecule has 124 valence electrons. The maximum atomic E-state index is 11.9. The van der Waals surface area contributed by atoms with Crippen molar-refractivity contribution < 1.29 is 9.53 Å². The van der Waals surface area contributed by atoms with Crippen LogP contribution in [0.2, 0.25) is 0 Å². The summed E-state index contributed by atoms with van der Waals surface area (Å²) in [6.07, 6.45) is 0.565. The van der Waals surface area contributed by atoms with Crippen LogP contribution < -0.4 is 10.6 Å². The average molecular weight is 345 g/mol. The Morgan fingerprint density at radius 1 is 1.36 bits per heavy atom. The summed E-state index contributed by atoms with van der Waals surface area (Å²) < 4.78 is 5.36. The fourth-order valence-electron chi connectivity index (χ4n) is 2.22. The molecule has 2 rings (SSSR count). The third kappa shape index (κ3) is 7.01. The highest BCUT2D eigenvalue weighted by Crippen LogP contribution is 2.10. The lowest BCUT2D eigenvalue weighted by molar-refractivity contribution is -0.121. The minimum Gasteiger partial charge on any atom is -0.377 e. The fraction of sp³-hybridized carbons (Fsp3) is 0.562. The van der Waals surface area contributed by atoms with Crippen molar-refractivity contribution in [3.63, 3.8) is 0 Å². The molecule has 1 aliphatic rings. The van der Waals surface area contributed by atoms with Crippen LogP contribution in [0.1, 0.15) is 24.5 Å². The van der Waals surface area contributed by atoms with E-state index < -0.39 is 0 Å². The molecule has 1 aromatic rings. The Labute approximate surface area is 143 Å². The Morgan fingerprint density at radius 2 is 2.09 bits per heavy atom. The Kier molecular flexibility index (Phi) is 9.55. The van der Waals surface area contributed by atoms with Gasteiger partial charge in [0.2, 0.25) is 5.91 Å². The van der Waals surface area contributed by atoms with Gasteiger partial charge in [-0.15, -0.1) is 12.4 Å². The third-order valence-corrected chi connectivity index (χ3v) is 4.55. The monoisotopic (exact) mass is 344 g/mol. The Hall–Kier alpha value is -0.750. The van der Waals surface area contributed by atoms with E-state index >= 15 is 0 Å². The van der Waals surface area contributed by atoms with Gasteiger partial charge < -0.3 is 15.4 Å². The van der Waals surface area contributed by atoms with Gasteiger partial charge in [-0.05, 0) is 18.1 Å². The number of nitrogens with one attached hydrogen (secondary N) is 2. The Bertz CT molecular complexity index is 436. The summed E-state index contributed by atoms with van der Waals surface area (Å²) >= 11 is 1.91. The Morgan fingerprint density at radius 3 is 2.73 bits per heavy atom. The van der Waals surface area contributed by atoms with Crippen molar-refractivity contribution in [1.82, 2.24) is 10.6 Å². The molecular formula is C16H25ClN2O2S. The molecule has 6 heteroatoms. The van der Waals surface area contributed by atoms with Gasteiger partial charge in [-0.3, -0.25) is 4.79 Å². The maximum Gasteiger partial charge on any atom is 0.221 e. The van der Waals surface area contributed by atoms with Crippen LogP contribution in [0.15, 0.2) is 24.3 Å². The van der Waals surface area contributed by atoms with E-state index in [0.717, 1.165) is 35.8 Å². The number of carbonyl (C=O) groups is 1. The number of halogens is 1. The molecule has 1 fully saturated rings. The van der Waals surface area contributed by atoms with Gasteiger partial charge in [0.05, 0.1) is 6.61 Å². The second kappa shape index (κ2) is 10.9. The number of amides is 1. The van der Waals surface area contributed by atoms with Crippen LogP contribution in [0, 0.1) is 0 Å². The predicted octanol–water partition coefficient (Wildman–Crippen LogP) is 2.36. The SMILES string of the molecule is CCOCc1ccc(CNC(=O)CC2CSCCN2)cc1.Cl. The van der Waals surface area contributed by atoms with Crippen molar-refractivity contribution in [3.05, 3.63) is 35.4 Å². The summed E-state index contributed by atoms with van der Waals surface area (Å²) in [4.78, 5) is 11.9. The summed E-state index contributed by atoms with van der Waals surface area (Å²) in [6.45, 7) is 4.96. The number of carbonyl (C=O) groups excluding carboxylic acids is 1. The lowest BCUT2D eigenvalue weighted by Crippen LogP contribution is -2.41. The van der Waals surface area contributed by atoms with Crippen molar-refractivity contribution in [2.75, 3.05) is 24.7 Å². The highest BCUT2D eigenvalue weighted by atomic mass is 35.5. The van der Waals surface area contributed by atoms with Crippen molar-refractivity contribution in [1.29, 1.82) is 0 Å². The summed E-state index contributed by atoms with van der Waals surface area (Å²) in [5, 5.41) is 6.37. The van der Waals surface area contributed by atoms with E-state index in [1.807, 2.05) is 30.8 Å². The van der Waals surface area contributed by atoms with E-state index in [0.29, 0.717) is 25.6 Å². The summed E-state index contributed by atoms with van der Waals surface area (Å²) in [5.74, 6) is 2.29. The van der Waals surface area contributed by atoms with Gasteiger partial charge in [0.25, 0.3) is 0 Å². The number of thioether (sulfide) groups is 1. The molecule has 1 aliphatic heterocycles. The van der Waals surface area contributed by atoms with E-state index in [1.54, 1.807) is 0 Å². The van der Waals surface area contributed by atoms with Crippen LogP contribution in [0.25, 0.3) is 0 Å². The fourth-order valence-corrected chi connectivity index (χ4v) is 3.17. The zero-order valence-electron chi connectivity index (χ0n) is 13.0. The van der Waals surface area contributed by atoms with Gasteiger partial charge in [0, 0.05) is 43.7 Å². The molecule has 1 unspecified atom stereocenters. The number of ether oxygens (including phenoxy) is 1. The highest BCUT2D eigenvalue weighted by molar-refractivity contribution is 7.99. The average Bonchev–Trinajstić information content (AvgIpc) is 2.53. The van der Waals surface area contributed by atoms with Gasteiger partial charge in [-0.2, -0.15) is 11.8 Å². The topological polar surface area (TPSA) is 50.4 Å². The third-order valence-electron chi connectivity index (χ3n) is 3.42. The molecule has 1 aromatic carbocycles. The summed E-state index contributed by atoms with van der Waals surface area (Å²) in [6, 6.07) is 8.51. The number of hydrogen-bond donors (Lipinski definition) is 2. The quantitative estimate of drug-likeness (QED) is 0.797. The zero-order valence-corrected chi connectivity index (χ0v) is 14.6. The van der Waals surface area contributed by atoms with E-state index in [2.05, 4.69) is 22.8 Å². The first-order valence-electron chi connectivity index (χ1n) is 7.51. The molecule has 0 spiro atoms. The van der Waals surface area contributed by atoms with Gasteiger partial charge >= 0.3 is 0 Å². The largest absolute Gasteiger partial charge is 0.377 e. The van der Waals surface area contributed by atoms with Gasteiger partial charge in [0.1, 0.15) is 0 Å². The predicted molar refractivity (Wildman–Crippen MR) is 94.6 cm³/mol. The van der Waals surface area contributed by atoms with E-state index in [-0.39, 0.29) is 18.3 Å². The van der Waals surface area contributed by atoms with Gasteiger partial charge in [-0.1, -0.05) is 24.3 Å². The standard InChI is InChI=1S/C16H24N2O2S.ClH/c1-2-20-11-14-5-3-13(4-6-14)10-18-16(19)9-15-12-21-8-7-17-15;/h3-6,15,17H,2,7-12H2,1H3,(H,18,19);1H. The van der Waals surface area contributed by atoms with E-state index in [1.165, 1.54) is 0 Å². The first-order valence-corrected chi connectivity index (χ1v) is 8.66. The molecular weight excluding hydrogens is 320 g/mol. The minimum absolute atomic E-state index is 0. The van der Waals surface area contributed by atoms with E-state index in [9.17, 15) is 4.79 Å². The molecule has 4 nitrogen and oxygen atoms in total. The van der Waals surface area contributed by atoms with Crippen LogP contribution in [0.3, 0.4) is 0 Å². The number of benzene rings is 1. The first-order chi connectivity index (χ1) is 10.3. The molecule has 1 heterocycles. The smallest absolute Gasteiger partial charge is 0.221 e. The molecule has 0 saturated carbocycles. The second-order valence-electron chi connectivity index (χ2n) is 5.16. The van der Waals surface area contributed by atoms with Crippen LogP contribution in [0.4, 0.5) is 0 Å². The molecule has 0 aliphatic carbocycles. The minimum atomic E-state index is 0. The zero-order chi connectivity index (χ0) is 14.9. The van der Waals surface area contributed by atoms with Crippen molar-refractivity contribution in [2.45, 2.75) is 32.5 Å². The molecule has 0 radical (unpaired) electrons. The molecule has 0 bridgehead atoms. The number of hydrogen-bond acceptors (Lipinski definition) is 4. The van der Waals surface area contributed by atoms with Crippen molar-refractivity contribution >= 4 is 30.1 Å². The summed E-state index contributed by atoms with van der Waals surface area (Å²) in [7, 11) is 0. The molecule has 1 saturated heterocycles. The lowest BCUT2D eigenvalue weighted by atomic mass is 10.1. The maximum absolute atomic E-state index is 11.9. The van der Waals surface area contributed by atoms with Gasteiger partial charge in [-0.25, -0.2) is 0 Å². The lowest BCUT2D eigenvalue weighted by Gasteiger charge is -2.22. The normalized spacial score (nSPS) is 17.6. The van der Waals surface area contributed by atoms with Crippen molar-refractivity contribution in [2.24, 2.45) is 0 Å². The molecule has 1 amide bonds. The van der Waals surface area contributed by atoms with Crippen LogP contribution >= 0.6 is 24.2 Å². The van der Waals surface area contributed by atoms with E-state index in [4.69, 9.17) is 4.74 Å². The molecule has 1 atom stereocenters. The molecule has 2 N–H and O–H groups in total. The highest BCUT2D eigenvalue weighted by Gasteiger charge is 2.16. The van der Waals surface area contributed by atoms with Crippen LogP contribution in [0.5, 0.6) is 0 Å². The second-order valence-corrected chi connectivity index (χ2v) is 6.31. The molecule has 22 heavy (non-hydrogen) atoms. The Balaban J connectivity index is 0.00000242. The summed E-state index contributed by atoms with van der Waals surface area (Å²) in [5.41, 5.74) is 2.28. The number of rotatable bonds is 7. The van der Waals surface area contributed by atoms with Crippen LogP contribution in [-0.2, 0) is 22.7 Å². The van der Waals surface area contributed by atoms with Gasteiger partial charge in [0.15, 0.2) is 0 Å². The van der Waals surface area contributed by atoms with Crippen molar-refractivity contribution in [3.8, 4) is 0 Å². The first kappa shape index (κ1) is 19.3. The van der Waals surface area contributed by atoms with Crippen LogP contribution in [-0.4, -0.2) is 36.6 Å². The molecule has 0 aromatic heterocycles.